The number of ether oxygens (including phenoxy) is 4. The van der Waals surface area contributed by atoms with Gasteiger partial charge in [0.2, 0.25) is 0 Å². The molecule has 0 bridgehead atoms. The van der Waals surface area contributed by atoms with Crippen molar-refractivity contribution in [2.45, 2.75) is 51.9 Å². The zero-order valence-electron chi connectivity index (χ0n) is 19.6. The van der Waals surface area contributed by atoms with Crippen molar-refractivity contribution >= 4 is 11.9 Å². The van der Waals surface area contributed by atoms with Crippen molar-refractivity contribution < 1.29 is 28.5 Å². The van der Waals surface area contributed by atoms with Gasteiger partial charge < -0.3 is 18.9 Å². The van der Waals surface area contributed by atoms with Crippen LogP contribution in [0.25, 0.3) is 0 Å². The quantitative estimate of drug-likeness (QED) is 0.350. The molecular weight excluding hydrogens is 420 g/mol. The molecule has 6 nitrogen and oxygen atoms in total. The van der Waals surface area contributed by atoms with Crippen LogP contribution in [-0.2, 0) is 28.5 Å². The summed E-state index contributed by atoms with van der Waals surface area (Å²) in [6, 6.07) is 19.7. The van der Waals surface area contributed by atoms with Crippen LogP contribution in [0.5, 0.6) is 0 Å². The summed E-state index contributed by atoms with van der Waals surface area (Å²) in [5, 5.41) is 0. The Hall–Kier alpha value is -2.70. The highest BCUT2D eigenvalue weighted by atomic mass is 16.7. The molecule has 2 unspecified atom stereocenters. The fraction of sp³-hybridized carbons (Fsp3) is 0.481. The number of carbonyl (C=O) groups is 2. The van der Waals surface area contributed by atoms with Gasteiger partial charge in [-0.1, -0.05) is 60.7 Å². The molecule has 0 N–H and O–H groups in total. The first-order valence-corrected chi connectivity index (χ1v) is 11.8. The fourth-order valence-corrected chi connectivity index (χ4v) is 4.59. The third-order valence-electron chi connectivity index (χ3n) is 5.97. The lowest BCUT2D eigenvalue weighted by Gasteiger charge is -2.28. The number of esters is 2. The predicted molar refractivity (Wildman–Crippen MR) is 124 cm³/mol. The van der Waals surface area contributed by atoms with E-state index in [9.17, 15) is 9.59 Å². The SMILES string of the molecule is CCOC(=O)C(C(=O)OCC)C(C[C@@H]1CC(OCC)O[C@H]1c1ccccc1)c1ccccc1. The van der Waals surface area contributed by atoms with E-state index in [0.717, 1.165) is 11.1 Å². The molecule has 4 atom stereocenters. The van der Waals surface area contributed by atoms with E-state index in [2.05, 4.69) is 0 Å². The largest absolute Gasteiger partial charge is 0.465 e. The summed E-state index contributed by atoms with van der Waals surface area (Å²) in [7, 11) is 0. The molecule has 178 valence electrons. The average Bonchev–Trinajstić information content (AvgIpc) is 3.23. The second-order valence-electron chi connectivity index (χ2n) is 8.08. The van der Waals surface area contributed by atoms with Gasteiger partial charge in [0.05, 0.1) is 19.3 Å². The van der Waals surface area contributed by atoms with Crippen LogP contribution in [0.2, 0.25) is 0 Å². The summed E-state index contributed by atoms with van der Waals surface area (Å²) in [4.78, 5) is 26.0. The molecule has 0 saturated carbocycles. The maximum Gasteiger partial charge on any atom is 0.320 e. The molecule has 6 heteroatoms. The van der Waals surface area contributed by atoms with Crippen molar-refractivity contribution in [3.05, 3.63) is 71.8 Å². The Morgan fingerprint density at radius 2 is 1.45 bits per heavy atom. The fourth-order valence-electron chi connectivity index (χ4n) is 4.59. The Bertz CT molecular complexity index is 851. The van der Waals surface area contributed by atoms with E-state index in [4.69, 9.17) is 18.9 Å². The summed E-state index contributed by atoms with van der Waals surface area (Å²) < 4.78 is 22.7. The first kappa shape index (κ1) is 24.9. The van der Waals surface area contributed by atoms with E-state index >= 15 is 0 Å². The maximum atomic E-state index is 13.0. The molecule has 0 amide bonds. The average molecular weight is 455 g/mol. The molecule has 0 radical (unpaired) electrons. The molecule has 33 heavy (non-hydrogen) atoms. The summed E-state index contributed by atoms with van der Waals surface area (Å²) in [6.45, 7) is 6.36. The number of carbonyl (C=O) groups excluding carboxylic acids is 2. The monoisotopic (exact) mass is 454 g/mol. The van der Waals surface area contributed by atoms with E-state index < -0.39 is 23.8 Å². The van der Waals surface area contributed by atoms with Crippen molar-refractivity contribution in [3.8, 4) is 0 Å². The van der Waals surface area contributed by atoms with Crippen molar-refractivity contribution in [3.63, 3.8) is 0 Å². The zero-order valence-corrected chi connectivity index (χ0v) is 19.6. The molecule has 0 aliphatic carbocycles. The third kappa shape index (κ3) is 6.42. The van der Waals surface area contributed by atoms with Crippen LogP contribution in [0.4, 0.5) is 0 Å². The molecule has 0 aromatic heterocycles. The summed E-state index contributed by atoms with van der Waals surface area (Å²) in [5.74, 6) is -2.53. The lowest BCUT2D eigenvalue weighted by Crippen LogP contribution is -2.34. The van der Waals surface area contributed by atoms with Gasteiger partial charge in [-0.15, -0.1) is 0 Å². The molecule has 2 aromatic carbocycles. The lowest BCUT2D eigenvalue weighted by atomic mass is 9.77. The highest BCUT2D eigenvalue weighted by Crippen LogP contribution is 2.45. The van der Waals surface area contributed by atoms with Crippen LogP contribution in [0.3, 0.4) is 0 Å². The first-order chi connectivity index (χ1) is 16.1. The zero-order chi connectivity index (χ0) is 23.6. The van der Waals surface area contributed by atoms with Gasteiger partial charge in [0.1, 0.15) is 0 Å². The van der Waals surface area contributed by atoms with E-state index in [1.54, 1.807) is 13.8 Å². The summed E-state index contributed by atoms with van der Waals surface area (Å²) in [6.07, 6.45) is 0.703. The number of hydrogen-bond donors (Lipinski definition) is 0. The van der Waals surface area contributed by atoms with Gasteiger partial charge in [-0.3, -0.25) is 9.59 Å². The second-order valence-corrected chi connectivity index (χ2v) is 8.08. The van der Waals surface area contributed by atoms with Crippen molar-refractivity contribution in [2.24, 2.45) is 11.8 Å². The van der Waals surface area contributed by atoms with E-state index in [-0.39, 0.29) is 31.5 Å². The predicted octanol–water partition coefficient (Wildman–Crippen LogP) is 5.04. The van der Waals surface area contributed by atoms with Gasteiger partial charge >= 0.3 is 11.9 Å². The van der Waals surface area contributed by atoms with Gasteiger partial charge in [0.25, 0.3) is 0 Å². The number of hydrogen-bond acceptors (Lipinski definition) is 6. The van der Waals surface area contributed by atoms with Gasteiger partial charge in [0.15, 0.2) is 12.2 Å². The molecule has 3 rings (SSSR count). The van der Waals surface area contributed by atoms with Crippen LogP contribution in [0.1, 0.15) is 56.8 Å². The molecule has 1 heterocycles. The van der Waals surface area contributed by atoms with Gasteiger partial charge in [-0.2, -0.15) is 0 Å². The Balaban J connectivity index is 1.97. The van der Waals surface area contributed by atoms with Crippen molar-refractivity contribution in [2.75, 3.05) is 19.8 Å². The molecular formula is C27H34O6. The minimum atomic E-state index is -1.05. The number of rotatable bonds is 11. The van der Waals surface area contributed by atoms with Crippen LogP contribution in [0.15, 0.2) is 60.7 Å². The van der Waals surface area contributed by atoms with E-state index in [1.165, 1.54) is 0 Å². The first-order valence-electron chi connectivity index (χ1n) is 11.8. The Labute approximate surface area is 196 Å². The minimum Gasteiger partial charge on any atom is -0.465 e. The number of benzene rings is 2. The van der Waals surface area contributed by atoms with Crippen LogP contribution in [0, 0.1) is 11.8 Å². The van der Waals surface area contributed by atoms with Gasteiger partial charge in [0, 0.05) is 18.9 Å². The standard InChI is InChI=1S/C27H34O6/c1-4-30-23-18-21(25(33-23)20-15-11-8-12-16-20)17-22(19-13-9-7-10-14-19)24(26(28)31-5-2)27(29)32-6-3/h7-16,21-25H,4-6,17-18H2,1-3H3/t21-,22?,23?,25+/m1/s1. The van der Waals surface area contributed by atoms with E-state index in [0.29, 0.717) is 19.4 Å². The molecule has 1 aliphatic heterocycles. The second kappa shape index (κ2) is 12.5. The van der Waals surface area contributed by atoms with Crippen molar-refractivity contribution in [1.82, 2.24) is 0 Å². The van der Waals surface area contributed by atoms with Crippen LogP contribution < -0.4 is 0 Å². The topological polar surface area (TPSA) is 71.1 Å². The van der Waals surface area contributed by atoms with Gasteiger partial charge in [-0.05, 0) is 44.2 Å². The van der Waals surface area contributed by atoms with E-state index in [1.807, 2.05) is 67.6 Å². The summed E-state index contributed by atoms with van der Waals surface area (Å²) in [5.41, 5.74) is 1.95. The smallest absolute Gasteiger partial charge is 0.320 e. The van der Waals surface area contributed by atoms with Crippen LogP contribution >= 0.6 is 0 Å². The normalized spacial score (nSPS) is 21.0. The molecule has 1 saturated heterocycles. The highest BCUT2D eigenvalue weighted by Gasteiger charge is 2.44. The molecule has 1 aliphatic rings. The summed E-state index contributed by atoms with van der Waals surface area (Å²) >= 11 is 0. The Kier molecular flexibility index (Phi) is 9.46. The third-order valence-corrected chi connectivity index (χ3v) is 5.97. The maximum absolute atomic E-state index is 13.0. The molecule has 1 fully saturated rings. The minimum absolute atomic E-state index is 0.0421. The van der Waals surface area contributed by atoms with Crippen LogP contribution in [-0.4, -0.2) is 38.0 Å². The molecule has 0 spiro atoms. The lowest BCUT2D eigenvalue weighted by molar-refractivity contribution is -0.163. The Morgan fingerprint density at radius 3 is 2.00 bits per heavy atom. The Morgan fingerprint density at radius 1 is 0.879 bits per heavy atom. The van der Waals surface area contributed by atoms with Crippen molar-refractivity contribution in [1.29, 1.82) is 0 Å². The highest BCUT2D eigenvalue weighted by molar-refractivity contribution is 5.96. The van der Waals surface area contributed by atoms with Gasteiger partial charge in [-0.25, -0.2) is 0 Å². The molecule has 2 aromatic rings.